The second kappa shape index (κ2) is 6.81. The number of amides is 1. The van der Waals surface area contributed by atoms with Gasteiger partial charge in [0.2, 0.25) is 5.91 Å². The molecule has 4 atom stereocenters. The van der Waals surface area contributed by atoms with E-state index in [1.54, 1.807) is 10.8 Å². The Hall–Kier alpha value is -2.67. The number of fused-ring (bicyclic) bond motifs is 1. The Balaban J connectivity index is 1.79. The van der Waals surface area contributed by atoms with Crippen LogP contribution in [-0.4, -0.2) is 39.6 Å². The number of carbonyl (C=O) groups excluding carboxylic acids is 1. The topological polar surface area (TPSA) is 110 Å². The highest BCUT2D eigenvalue weighted by molar-refractivity contribution is 5.85. The molecular formula is C20H24N4O3. The zero-order valence-electron chi connectivity index (χ0n) is 15.2. The zero-order chi connectivity index (χ0) is 19.1. The summed E-state index contributed by atoms with van der Waals surface area (Å²) in [5, 5.41) is 12.8. The summed E-state index contributed by atoms with van der Waals surface area (Å²) in [6.07, 6.45) is 1.76. The van der Waals surface area contributed by atoms with Crippen LogP contribution in [0.5, 0.6) is 0 Å². The first-order valence-corrected chi connectivity index (χ1v) is 9.28. The molecule has 2 aliphatic rings. The molecule has 0 spiro atoms. The SMILES string of the molecule is Cn1cc(C(=O)O)nc1C(C(CC(N)=O)c1ccccc1)C1C2CNCC21. The van der Waals surface area contributed by atoms with Crippen molar-refractivity contribution < 1.29 is 14.7 Å². The summed E-state index contributed by atoms with van der Waals surface area (Å²) < 4.78 is 1.80. The molecule has 4 unspecified atom stereocenters. The number of aromatic nitrogens is 2. The lowest BCUT2D eigenvalue weighted by Crippen LogP contribution is -2.27. The van der Waals surface area contributed by atoms with Crippen molar-refractivity contribution in [1.82, 2.24) is 14.9 Å². The highest BCUT2D eigenvalue weighted by Gasteiger charge is 2.59. The molecule has 27 heavy (non-hydrogen) atoms. The number of piperidine rings is 1. The minimum atomic E-state index is -1.04. The van der Waals surface area contributed by atoms with Gasteiger partial charge in [-0.25, -0.2) is 9.78 Å². The fourth-order valence-electron chi connectivity index (χ4n) is 4.88. The fourth-order valence-corrected chi connectivity index (χ4v) is 4.88. The molecular weight excluding hydrogens is 344 g/mol. The highest BCUT2D eigenvalue weighted by atomic mass is 16.4. The van der Waals surface area contributed by atoms with Crippen molar-refractivity contribution in [3.63, 3.8) is 0 Å². The standard InChI is InChI=1S/C20H24N4O3/c1-24-10-15(20(26)27)23-19(24)18(17-13-8-22-9-14(13)17)12(7-16(21)25)11-5-3-2-4-6-11/h2-6,10,12-14,17-18,22H,7-9H2,1H3,(H2,21,25)(H,26,27). The molecule has 142 valence electrons. The number of carbonyl (C=O) groups is 2. The number of nitrogens with one attached hydrogen (secondary N) is 1. The van der Waals surface area contributed by atoms with Crippen LogP contribution in [0.25, 0.3) is 0 Å². The molecule has 1 aromatic carbocycles. The lowest BCUT2D eigenvalue weighted by atomic mass is 9.78. The normalized spacial score (nSPS) is 25.6. The Morgan fingerprint density at radius 1 is 1.30 bits per heavy atom. The van der Waals surface area contributed by atoms with Crippen molar-refractivity contribution >= 4 is 11.9 Å². The van der Waals surface area contributed by atoms with Gasteiger partial charge in [0.05, 0.1) is 0 Å². The monoisotopic (exact) mass is 368 g/mol. The van der Waals surface area contributed by atoms with Crippen LogP contribution in [0.3, 0.4) is 0 Å². The summed E-state index contributed by atoms with van der Waals surface area (Å²) >= 11 is 0. The van der Waals surface area contributed by atoms with Gasteiger partial charge in [-0.05, 0) is 36.4 Å². The summed E-state index contributed by atoms with van der Waals surface area (Å²) in [7, 11) is 1.82. The van der Waals surface area contributed by atoms with Crippen LogP contribution in [0, 0.1) is 17.8 Å². The van der Waals surface area contributed by atoms with Crippen LogP contribution < -0.4 is 11.1 Å². The average molecular weight is 368 g/mol. The van der Waals surface area contributed by atoms with Gasteiger partial charge in [-0.1, -0.05) is 30.3 Å². The smallest absolute Gasteiger partial charge is 0.356 e. The number of benzene rings is 1. The van der Waals surface area contributed by atoms with E-state index in [4.69, 9.17) is 5.73 Å². The number of carboxylic acids is 1. The van der Waals surface area contributed by atoms with Gasteiger partial charge >= 0.3 is 5.97 Å². The van der Waals surface area contributed by atoms with E-state index >= 15 is 0 Å². The molecule has 7 nitrogen and oxygen atoms in total. The van der Waals surface area contributed by atoms with Crippen LogP contribution in [0.4, 0.5) is 0 Å². The summed E-state index contributed by atoms with van der Waals surface area (Å²) in [6, 6.07) is 9.88. The van der Waals surface area contributed by atoms with E-state index in [2.05, 4.69) is 10.3 Å². The van der Waals surface area contributed by atoms with Crippen LogP contribution in [0.15, 0.2) is 36.5 Å². The molecule has 4 N–H and O–H groups in total. The Morgan fingerprint density at radius 3 is 2.52 bits per heavy atom. The number of aryl methyl sites for hydroxylation is 1. The third-order valence-corrected chi connectivity index (χ3v) is 6.08. The molecule has 2 aromatic rings. The second-order valence-corrected chi connectivity index (χ2v) is 7.68. The first kappa shape index (κ1) is 17.7. The lowest BCUT2D eigenvalue weighted by molar-refractivity contribution is -0.118. The van der Waals surface area contributed by atoms with Crippen molar-refractivity contribution in [2.45, 2.75) is 18.3 Å². The summed E-state index contributed by atoms with van der Waals surface area (Å²) in [4.78, 5) is 27.8. The van der Waals surface area contributed by atoms with Gasteiger partial charge < -0.3 is 20.7 Å². The molecule has 1 saturated carbocycles. The van der Waals surface area contributed by atoms with E-state index in [9.17, 15) is 14.7 Å². The van der Waals surface area contributed by atoms with E-state index in [0.717, 1.165) is 24.5 Å². The number of hydrogen-bond donors (Lipinski definition) is 3. The van der Waals surface area contributed by atoms with Crippen LogP contribution in [0.1, 0.15) is 40.1 Å². The van der Waals surface area contributed by atoms with Gasteiger partial charge in [0.15, 0.2) is 5.69 Å². The van der Waals surface area contributed by atoms with Crippen LogP contribution >= 0.6 is 0 Å². The second-order valence-electron chi connectivity index (χ2n) is 7.68. The Labute approximate surface area is 157 Å². The molecule has 1 saturated heterocycles. The van der Waals surface area contributed by atoms with E-state index in [-0.39, 0.29) is 29.9 Å². The van der Waals surface area contributed by atoms with Gasteiger partial charge in [0.25, 0.3) is 0 Å². The molecule has 2 heterocycles. The Kier molecular flexibility index (Phi) is 4.47. The summed E-state index contributed by atoms with van der Waals surface area (Å²) in [5.74, 6) is 0.612. The number of nitrogens with two attached hydrogens (primary N) is 1. The number of aromatic carboxylic acids is 1. The Bertz CT molecular complexity index is 853. The number of rotatable bonds is 7. The molecule has 1 aromatic heterocycles. The first-order valence-electron chi connectivity index (χ1n) is 9.28. The summed E-state index contributed by atoms with van der Waals surface area (Å²) in [5.41, 5.74) is 6.68. The Morgan fingerprint density at radius 2 is 1.96 bits per heavy atom. The van der Waals surface area contributed by atoms with E-state index in [1.807, 2.05) is 37.4 Å². The molecule has 1 aliphatic carbocycles. The molecule has 1 amide bonds. The third kappa shape index (κ3) is 3.23. The molecule has 7 heteroatoms. The molecule has 0 bridgehead atoms. The number of carboxylic acid groups (broad SMARTS) is 1. The van der Waals surface area contributed by atoms with Gasteiger partial charge in [-0.2, -0.15) is 0 Å². The third-order valence-electron chi connectivity index (χ3n) is 6.08. The molecule has 2 fully saturated rings. The van der Waals surface area contributed by atoms with Crippen LogP contribution in [0.2, 0.25) is 0 Å². The first-order chi connectivity index (χ1) is 13.0. The number of imidazole rings is 1. The van der Waals surface area contributed by atoms with Crippen molar-refractivity contribution in [2.75, 3.05) is 13.1 Å². The van der Waals surface area contributed by atoms with E-state index in [1.165, 1.54) is 0 Å². The van der Waals surface area contributed by atoms with Gasteiger partial charge in [-0.3, -0.25) is 4.79 Å². The predicted octanol–water partition coefficient (Wildman–Crippen LogP) is 1.33. The predicted molar refractivity (Wildman–Crippen MR) is 99.2 cm³/mol. The summed E-state index contributed by atoms with van der Waals surface area (Å²) in [6.45, 7) is 1.92. The lowest BCUT2D eigenvalue weighted by Gasteiger charge is -2.28. The van der Waals surface area contributed by atoms with E-state index < -0.39 is 5.97 Å². The number of nitrogens with zero attached hydrogens (tertiary/aromatic N) is 2. The van der Waals surface area contributed by atoms with Gasteiger partial charge in [0, 0.05) is 31.5 Å². The molecule has 0 radical (unpaired) electrons. The van der Waals surface area contributed by atoms with Crippen molar-refractivity contribution in [3.8, 4) is 0 Å². The number of primary amides is 1. The van der Waals surface area contributed by atoms with Crippen molar-refractivity contribution in [1.29, 1.82) is 0 Å². The zero-order valence-corrected chi connectivity index (χ0v) is 15.2. The van der Waals surface area contributed by atoms with E-state index in [0.29, 0.717) is 17.8 Å². The number of hydrogen-bond acceptors (Lipinski definition) is 4. The maximum atomic E-state index is 11.9. The highest BCUT2D eigenvalue weighted by Crippen LogP contribution is 2.60. The van der Waals surface area contributed by atoms with Crippen molar-refractivity contribution in [2.24, 2.45) is 30.5 Å². The average Bonchev–Trinajstić information content (AvgIpc) is 2.98. The largest absolute Gasteiger partial charge is 0.476 e. The minimum Gasteiger partial charge on any atom is -0.476 e. The van der Waals surface area contributed by atoms with Gasteiger partial charge in [0.1, 0.15) is 5.82 Å². The fraction of sp³-hybridized carbons (Fsp3) is 0.450. The maximum Gasteiger partial charge on any atom is 0.356 e. The maximum absolute atomic E-state index is 11.9. The van der Waals surface area contributed by atoms with Crippen molar-refractivity contribution in [3.05, 3.63) is 53.6 Å². The molecule has 1 aliphatic heterocycles. The minimum absolute atomic E-state index is 0.0346. The molecule has 4 rings (SSSR count). The quantitative estimate of drug-likeness (QED) is 0.683. The van der Waals surface area contributed by atoms with Gasteiger partial charge in [-0.15, -0.1) is 0 Å². The van der Waals surface area contributed by atoms with Crippen LogP contribution in [-0.2, 0) is 11.8 Å².